The zero-order valence-corrected chi connectivity index (χ0v) is 15.1. The van der Waals surface area contributed by atoms with Gasteiger partial charge in [-0.1, -0.05) is 26.2 Å². The molecule has 0 fully saturated rings. The lowest BCUT2D eigenvalue weighted by atomic mass is 10.1. The number of unbranched alkanes of at least 4 members (excludes halogenated alkanes) is 2. The fourth-order valence-corrected chi connectivity index (χ4v) is 2.42. The van der Waals surface area contributed by atoms with Gasteiger partial charge in [0.1, 0.15) is 5.75 Å². The lowest BCUT2D eigenvalue weighted by Crippen LogP contribution is -2.33. The van der Waals surface area contributed by atoms with E-state index in [0.29, 0.717) is 24.9 Å². The second-order valence-corrected chi connectivity index (χ2v) is 6.05. The van der Waals surface area contributed by atoms with Crippen LogP contribution in [0, 0.1) is 0 Å². The molecular formula is C19H30N2O3. The molecule has 134 valence electrons. The van der Waals surface area contributed by atoms with E-state index in [1.54, 1.807) is 31.4 Å². The fourth-order valence-electron chi connectivity index (χ4n) is 2.42. The van der Waals surface area contributed by atoms with Gasteiger partial charge in [-0.3, -0.25) is 9.59 Å². The van der Waals surface area contributed by atoms with E-state index in [2.05, 4.69) is 17.6 Å². The quantitative estimate of drug-likeness (QED) is 0.610. The van der Waals surface area contributed by atoms with Gasteiger partial charge in [-0.25, -0.2) is 0 Å². The summed E-state index contributed by atoms with van der Waals surface area (Å²) in [7, 11) is 1.59. The van der Waals surface area contributed by atoms with Crippen LogP contribution >= 0.6 is 0 Å². The van der Waals surface area contributed by atoms with E-state index >= 15 is 0 Å². The Labute approximate surface area is 145 Å². The summed E-state index contributed by atoms with van der Waals surface area (Å²) in [6.45, 7) is 4.70. The van der Waals surface area contributed by atoms with Crippen molar-refractivity contribution in [2.45, 2.75) is 58.4 Å². The molecule has 0 saturated heterocycles. The van der Waals surface area contributed by atoms with Gasteiger partial charge in [0.05, 0.1) is 7.11 Å². The van der Waals surface area contributed by atoms with E-state index < -0.39 is 0 Å². The van der Waals surface area contributed by atoms with Crippen LogP contribution in [0.25, 0.3) is 0 Å². The predicted molar refractivity (Wildman–Crippen MR) is 96.3 cm³/mol. The molecule has 1 aromatic carbocycles. The molecule has 5 nitrogen and oxygen atoms in total. The van der Waals surface area contributed by atoms with E-state index in [1.165, 1.54) is 12.8 Å². The molecule has 0 heterocycles. The Morgan fingerprint density at radius 3 is 2.46 bits per heavy atom. The minimum Gasteiger partial charge on any atom is -0.497 e. The van der Waals surface area contributed by atoms with E-state index in [9.17, 15) is 9.59 Å². The predicted octanol–water partition coefficient (Wildman–Crippen LogP) is 3.29. The zero-order valence-electron chi connectivity index (χ0n) is 15.1. The van der Waals surface area contributed by atoms with E-state index in [1.807, 2.05) is 6.92 Å². The molecule has 0 saturated carbocycles. The molecule has 0 radical (unpaired) electrons. The molecule has 5 heteroatoms. The van der Waals surface area contributed by atoms with Crippen LogP contribution in [0.3, 0.4) is 0 Å². The van der Waals surface area contributed by atoms with Crippen LogP contribution < -0.4 is 15.4 Å². The number of hydrogen-bond acceptors (Lipinski definition) is 3. The van der Waals surface area contributed by atoms with Gasteiger partial charge in [-0.2, -0.15) is 0 Å². The molecule has 2 amide bonds. The Bertz CT molecular complexity index is 500. The first-order valence-corrected chi connectivity index (χ1v) is 8.78. The molecule has 1 atom stereocenters. The van der Waals surface area contributed by atoms with Crippen molar-refractivity contribution in [3.63, 3.8) is 0 Å². The van der Waals surface area contributed by atoms with Crippen molar-refractivity contribution in [1.82, 2.24) is 10.6 Å². The third-order valence-corrected chi connectivity index (χ3v) is 3.87. The van der Waals surface area contributed by atoms with Crippen LogP contribution in [0.1, 0.15) is 62.7 Å². The van der Waals surface area contributed by atoms with Crippen molar-refractivity contribution in [2.75, 3.05) is 13.7 Å². The molecule has 0 aliphatic carbocycles. The van der Waals surface area contributed by atoms with Crippen molar-refractivity contribution in [3.05, 3.63) is 29.8 Å². The van der Waals surface area contributed by atoms with Crippen molar-refractivity contribution in [3.8, 4) is 5.75 Å². The molecule has 0 aliphatic heterocycles. The van der Waals surface area contributed by atoms with Gasteiger partial charge in [0, 0.05) is 24.6 Å². The number of carbonyl (C=O) groups excluding carboxylic acids is 2. The summed E-state index contributed by atoms with van der Waals surface area (Å²) in [4.78, 5) is 23.8. The highest BCUT2D eigenvalue weighted by molar-refractivity contribution is 5.94. The van der Waals surface area contributed by atoms with Gasteiger partial charge in [-0.05, 0) is 44.0 Å². The highest BCUT2D eigenvalue weighted by atomic mass is 16.5. The summed E-state index contributed by atoms with van der Waals surface area (Å²) in [5.74, 6) is 0.639. The first kappa shape index (κ1) is 20.0. The highest BCUT2D eigenvalue weighted by Crippen LogP contribution is 2.11. The second kappa shape index (κ2) is 11.5. The third-order valence-electron chi connectivity index (χ3n) is 3.87. The molecular weight excluding hydrogens is 304 g/mol. The molecule has 0 spiro atoms. The average molecular weight is 334 g/mol. The van der Waals surface area contributed by atoms with Crippen LogP contribution in [-0.2, 0) is 4.79 Å². The molecule has 0 aliphatic rings. The van der Waals surface area contributed by atoms with Crippen molar-refractivity contribution in [1.29, 1.82) is 0 Å². The molecule has 1 aromatic rings. The molecule has 0 bridgehead atoms. The Balaban J connectivity index is 2.17. The Morgan fingerprint density at radius 1 is 1.12 bits per heavy atom. The lowest BCUT2D eigenvalue weighted by molar-refractivity contribution is -0.121. The summed E-state index contributed by atoms with van der Waals surface area (Å²) in [6, 6.07) is 7.17. The summed E-state index contributed by atoms with van der Waals surface area (Å²) >= 11 is 0. The highest BCUT2D eigenvalue weighted by Gasteiger charge is 2.08. The van der Waals surface area contributed by atoms with E-state index in [0.717, 1.165) is 18.6 Å². The Kier molecular flexibility index (Phi) is 9.58. The first-order chi connectivity index (χ1) is 11.6. The molecule has 2 N–H and O–H groups in total. The van der Waals surface area contributed by atoms with E-state index in [-0.39, 0.29) is 17.9 Å². The van der Waals surface area contributed by atoms with Crippen LogP contribution in [0.15, 0.2) is 24.3 Å². The van der Waals surface area contributed by atoms with Crippen LogP contribution in [0.2, 0.25) is 0 Å². The van der Waals surface area contributed by atoms with Crippen molar-refractivity contribution < 1.29 is 14.3 Å². The van der Waals surface area contributed by atoms with Gasteiger partial charge >= 0.3 is 0 Å². The number of rotatable bonds is 11. The molecule has 0 aromatic heterocycles. The summed E-state index contributed by atoms with van der Waals surface area (Å²) in [5.41, 5.74) is 0.588. The van der Waals surface area contributed by atoms with E-state index in [4.69, 9.17) is 4.74 Å². The minimum atomic E-state index is -0.133. The van der Waals surface area contributed by atoms with Gasteiger partial charge < -0.3 is 15.4 Å². The SMILES string of the molecule is CCCCCC(C)NC(=O)CCCNC(=O)c1ccc(OC)cc1. The van der Waals surface area contributed by atoms with Crippen LogP contribution in [0.5, 0.6) is 5.75 Å². The summed E-state index contributed by atoms with van der Waals surface area (Å²) in [5, 5.41) is 5.83. The normalized spacial score (nSPS) is 11.6. The fraction of sp³-hybridized carbons (Fsp3) is 0.579. The zero-order chi connectivity index (χ0) is 17.8. The number of methoxy groups -OCH3 is 1. The number of nitrogens with one attached hydrogen (secondary N) is 2. The largest absolute Gasteiger partial charge is 0.497 e. The van der Waals surface area contributed by atoms with Gasteiger partial charge in [0.15, 0.2) is 0 Å². The maximum absolute atomic E-state index is 12.0. The van der Waals surface area contributed by atoms with Crippen molar-refractivity contribution >= 4 is 11.8 Å². The average Bonchev–Trinajstić information content (AvgIpc) is 2.58. The summed E-state index contributed by atoms with van der Waals surface area (Å²) < 4.78 is 5.06. The Morgan fingerprint density at radius 2 is 1.83 bits per heavy atom. The van der Waals surface area contributed by atoms with Gasteiger partial charge in [0.2, 0.25) is 5.91 Å². The van der Waals surface area contributed by atoms with Gasteiger partial charge in [0.25, 0.3) is 5.91 Å². The number of hydrogen-bond donors (Lipinski definition) is 2. The molecule has 24 heavy (non-hydrogen) atoms. The standard InChI is InChI=1S/C19H30N2O3/c1-4-5-6-8-15(2)21-18(22)9-7-14-20-19(23)16-10-12-17(24-3)13-11-16/h10-13,15H,4-9,14H2,1-3H3,(H,20,23)(H,21,22). The third kappa shape index (κ3) is 7.99. The van der Waals surface area contributed by atoms with Gasteiger partial charge in [-0.15, -0.1) is 0 Å². The number of benzene rings is 1. The molecule has 1 rings (SSSR count). The van der Waals surface area contributed by atoms with Crippen LogP contribution in [0.4, 0.5) is 0 Å². The number of carbonyl (C=O) groups is 2. The summed E-state index contributed by atoms with van der Waals surface area (Å²) in [6.07, 6.45) is 5.63. The maximum atomic E-state index is 12.0. The maximum Gasteiger partial charge on any atom is 0.251 e. The van der Waals surface area contributed by atoms with Crippen molar-refractivity contribution in [2.24, 2.45) is 0 Å². The lowest BCUT2D eigenvalue weighted by Gasteiger charge is -2.13. The molecule has 1 unspecified atom stereocenters. The first-order valence-electron chi connectivity index (χ1n) is 8.78. The minimum absolute atomic E-state index is 0.0534. The second-order valence-electron chi connectivity index (χ2n) is 6.05. The topological polar surface area (TPSA) is 67.4 Å². The number of ether oxygens (including phenoxy) is 1. The number of amides is 2. The monoisotopic (exact) mass is 334 g/mol. The van der Waals surface area contributed by atoms with Crippen LogP contribution in [-0.4, -0.2) is 31.5 Å². The smallest absolute Gasteiger partial charge is 0.251 e. The Hall–Kier alpha value is -2.04.